The fourth-order valence-electron chi connectivity index (χ4n) is 1.12. The number of carbonyl (C=O) groups is 1. The van der Waals surface area contributed by atoms with Gasteiger partial charge in [0.15, 0.2) is 11.4 Å². The van der Waals surface area contributed by atoms with E-state index in [2.05, 4.69) is 19.9 Å². The van der Waals surface area contributed by atoms with Crippen molar-refractivity contribution in [2.75, 3.05) is 0 Å². The molecular formula is C10H7ClN4OS. The standard InChI is InChI=1S/C10H7ClN4OS/c1-6-14-8(11)7(5-16)9(15-6)17-10-12-3-2-4-13-10/h2-5H,1H3. The van der Waals surface area contributed by atoms with Gasteiger partial charge in [-0.1, -0.05) is 11.6 Å². The van der Waals surface area contributed by atoms with Crippen LogP contribution in [0.5, 0.6) is 0 Å². The maximum Gasteiger partial charge on any atom is 0.193 e. The monoisotopic (exact) mass is 266 g/mol. The van der Waals surface area contributed by atoms with Crippen molar-refractivity contribution in [3.63, 3.8) is 0 Å². The summed E-state index contributed by atoms with van der Waals surface area (Å²) in [5.74, 6) is 0.499. The van der Waals surface area contributed by atoms with Gasteiger partial charge in [-0.05, 0) is 24.8 Å². The van der Waals surface area contributed by atoms with Crippen LogP contribution in [-0.2, 0) is 0 Å². The lowest BCUT2D eigenvalue weighted by Crippen LogP contribution is -1.98. The maximum absolute atomic E-state index is 10.9. The van der Waals surface area contributed by atoms with Gasteiger partial charge in [0, 0.05) is 12.4 Å². The SMILES string of the molecule is Cc1nc(Cl)c(C=O)c(Sc2ncccn2)n1. The topological polar surface area (TPSA) is 68.6 Å². The van der Waals surface area contributed by atoms with E-state index in [1.165, 1.54) is 11.8 Å². The molecule has 0 aliphatic carbocycles. The van der Waals surface area contributed by atoms with Crippen molar-refractivity contribution in [1.82, 2.24) is 19.9 Å². The van der Waals surface area contributed by atoms with Crippen molar-refractivity contribution in [3.05, 3.63) is 35.0 Å². The molecule has 2 rings (SSSR count). The van der Waals surface area contributed by atoms with Crippen LogP contribution in [0.25, 0.3) is 0 Å². The second kappa shape index (κ2) is 5.20. The first-order valence-corrected chi connectivity index (χ1v) is 5.84. The van der Waals surface area contributed by atoms with E-state index in [1.807, 2.05) is 0 Å². The summed E-state index contributed by atoms with van der Waals surface area (Å²) in [5, 5.41) is 1.11. The first kappa shape index (κ1) is 11.9. The second-order valence-electron chi connectivity index (χ2n) is 3.03. The number of rotatable bonds is 3. The Balaban J connectivity index is 2.41. The highest BCUT2D eigenvalue weighted by Gasteiger charge is 2.13. The summed E-state index contributed by atoms with van der Waals surface area (Å²) in [6.45, 7) is 1.70. The van der Waals surface area contributed by atoms with E-state index in [1.54, 1.807) is 25.4 Å². The third-order valence-corrected chi connectivity index (χ3v) is 3.01. The molecule has 86 valence electrons. The number of hydrogen-bond donors (Lipinski definition) is 0. The minimum Gasteiger partial charge on any atom is -0.298 e. The molecule has 0 saturated heterocycles. The molecule has 2 heterocycles. The van der Waals surface area contributed by atoms with Crippen molar-refractivity contribution in [1.29, 1.82) is 0 Å². The molecule has 0 bridgehead atoms. The van der Waals surface area contributed by atoms with Crippen molar-refractivity contribution in [3.8, 4) is 0 Å². The first-order valence-electron chi connectivity index (χ1n) is 4.65. The quantitative estimate of drug-likeness (QED) is 0.482. The molecule has 0 aliphatic heterocycles. The Labute approximate surface area is 107 Å². The fourth-order valence-corrected chi connectivity index (χ4v) is 2.27. The van der Waals surface area contributed by atoms with Crippen LogP contribution in [0.15, 0.2) is 28.6 Å². The Bertz CT molecular complexity index is 550. The number of carbonyl (C=O) groups excluding carboxylic acids is 1. The summed E-state index contributed by atoms with van der Waals surface area (Å²) < 4.78 is 0. The van der Waals surface area contributed by atoms with Crippen LogP contribution in [0.3, 0.4) is 0 Å². The summed E-state index contributed by atoms with van der Waals surface area (Å²) in [7, 11) is 0. The molecule has 2 aromatic rings. The van der Waals surface area contributed by atoms with Gasteiger partial charge in [0.05, 0.1) is 5.56 Å². The van der Waals surface area contributed by atoms with E-state index >= 15 is 0 Å². The smallest absolute Gasteiger partial charge is 0.193 e. The Morgan fingerprint density at radius 3 is 2.65 bits per heavy atom. The second-order valence-corrected chi connectivity index (χ2v) is 4.35. The molecule has 0 amide bonds. The molecule has 0 aliphatic rings. The minimum absolute atomic E-state index is 0.144. The third-order valence-electron chi connectivity index (χ3n) is 1.82. The molecular weight excluding hydrogens is 260 g/mol. The number of aryl methyl sites for hydroxylation is 1. The minimum atomic E-state index is 0.144. The summed E-state index contributed by atoms with van der Waals surface area (Å²) >= 11 is 7.04. The van der Waals surface area contributed by atoms with Gasteiger partial charge in [-0.15, -0.1) is 0 Å². The summed E-state index contributed by atoms with van der Waals surface area (Å²) in [6, 6.07) is 1.71. The maximum atomic E-state index is 10.9. The third kappa shape index (κ3) is 2.78. The fraction of sp³-hybridized carbons (Fsp3) is 0.100. The van der Waals surface area contributed by atoms with Crippen molar-refractivity contribution >= 4 is 29.6 Å². The van der Waals surface area contributed by atoms with Crippen LogP contribution in [0.4, 0.5) is 0 Å². The molecule has 0 unspecified atom stereocenters. The summed E-state index contributed by atoms with van der Waals surface area (Å²) in [5.41, 5.74) is 0.259. The Kier molecular flexibility index (Phi) is 3.65. The normalized spacial score (nSPS) is 10.2. The molecule has 0 N–H and O–H groups in total. The predicted molar refractivity (Wildman–Crippen MR) is 63.3 cm³/mol. The Morgan fingerprint density at radius 1 is 1.29 bits per heavy atom. The van der Waals surface area contributed by atoms with E-state index in [4.69, 9.17) is 11.6 Å². The van der Waals surface area contributed by atoms with Crippen LogP contribution in [0, 0.1) is 6.92 Å². The number of nitrogens with zero attached hydrogens (tertiary/aromatic N) is 4. The molecule has 0 saturated carbocycles. The number of aromatic nitrogens is 4. The van der Waals surface area contributed by atoms with Crippen LogP contribution in [0.2, 0.25) is 5.15 Å². The van der Waals surface area contributed by atoms with Gasteiger partial charge in [-0.3, -0.25) is 4.79 Å². The van der Waals surface area contributed by atoms with Crippen LogP contribution >= 0.6 is 23.4 Å². The molecule has 2 aromatic heterocycles. The summed E-state index contributed by atoms with van der Waals surface area (Å²) in [4.78, 5) is 27.1. The average molecular weight is 267 g/mol. The molecule has 7 heteroatoms. The lowest BCUT2D eigenvalue weighted by Gasteiger charge is -2.04. The number of halogens is 1. The van der Waals surface area contributed by atoms with Crippen molar-refractivity contribution in [2.45, 2.75) is 17.1 Å². The Hall–Kier alpha value is -1.53. The van der Waals surface area contributed by atoms with E-state index < -0.39 is 0 Å². The Morgan fingerprint density at radius 2 is 2.00 bits per heavy atom. The zero-order valence-electron chi connectivity index (χ0n) is 8.79. The first-order chi connectivity index (χ1) is 8.20. The summed E-state index contributed by atoms with van der Waals surface area (Å²) in [6.07, 6.45) is 3.87. The van der Waals surface area contributed by atoms with Crippen LogP contribution in [-0.4, -0.2) is 26.2 Å². The highest BCUT2D eigenvalue weighted by Crippen LogP contribution is 2.28. The molecule has 0 radical (unpaired) electrons. The van der Waals surface area contributed by atoms with Crippen LogP contribution in [0.1, 0.15) is 16.2 Å². The van der Waals surface area contributed by atoms with E-state index in [9.17, 15) is 4.79 Å². The predicted octanol–water partition coefficient (Wildman–Crippen LogP) is 2.19. The largest absolute Gasteiger partial charge is 0.298 e. The van der Waals surface area contributed by atoms with E-state index in [-0.39, 0.29) is 10.7 Å². The molecule has 0 aromatic carbocycles. The van der Waals surface area contributed by atoms with Gasteiger partial charge in [-0.2, -0.15) is 0 Å². The lowest BCUT2D eigenvalue weighted by molar-refractivity contribution is 0.112. The molecule has 5 nitrogen and oxygen atoms in total. The molecule has 0 atom stereocenters. The van der Waals surface area contributed by atoms with E-state index in [0.29, 0.717) is 22.3 Å². The highest BCUT2D eigenvalue weighted by atomic mass is 35.5. The van der Waals surface area contributed by atoms with Crippen molar-refractivity contribution < 1.29 is 4.79 Å². The van der Waals surface area contributed by atoms with Gasteiger partial charge >= 0.3 is 0 Å². The zero-order valence-corrected chi connectivity index (χ0v) is 10.4. The number of hydrogen-bond acceptors (Lipinski definition) is 6. The van der Waals surface area contributed by atoms with E-state index in [0.717, 1.165) is 0 Å². The highest BCUT2D eigenvalue weighted by molar-refractivity contribution is 7.99. The number of aldehydes is 1. The lowest BCUT2D eigenvalue weighted by atomic mass is 10.4. The molecule has 0 spiro atoms. The zero-order chi connectivity index (χ0) is 12.3. The van der Waals surface area contributed by atoms with Gasteiger partial charge in [0.25, 0.3) is 0 Å². The van der Waals surface area contributed by atoms with Crippen molar-refractivity contribution in [2.24, 2.45) is 0 Å². The molecule has 17 heavy (non-hydrogen) atoms. The van der Waals surface area contributed by atoms with Gasteiger partial charge in [0.2, 0.25) is 0 Å². The van der Waals surface area contributed by atoms with Crippen LogP contribution < -0.4 is 0 Å². The average Bonchev–Trinajstić information content (AvgIpc) is 2.30. The molecule has 0 fully saturated rings. The van der Waals surface area contributed by atoms with Gasteiger partial charge < -0.3 is 0 Å². The van der Waals surface area contributed by atoms with Gasteiger partial charge in [-0.25, -0.2) is 19.9 Å². The van der Waals surface area contributed by atoms with Gasteiger partial charge in [0.1, 0.15) is 16.0 Å².